The zero-order chi connectivity index (χ0) is 9.40. The number of allylic oxidation sites excluding steroid dienone is 1. The van der Waals surface area contributed by atoms with Gasteiger partial charge in [-0.25, -0.2) is 9.98 Å². The molecule has 0 amide bonds. The van der Waals surface area contributed by atoms with Gasteiger partial charge in [-0.15, -0.1) is 0 Å². The number of hydrogen-bond donors (Lipinski definition) is 1. The molecule has 0 saturated carbocycles. The van der Waals surface area contributed by atoms with Crippen LogP contribution in [-0.2, 0) is 0 Å². The molecule has 3 nitrogen and oxygen atoms in total. The van der Waals surface area contributed by atoms with Gasteiger partial charge in [0.1, 0.15) is 5.82 Å². The van der Waals surface area contributed by atoms with Crippen molar-refractivity contribution in [3.05, 3.63) is 37.3 Å². The molecule has 0 aromatic rings. The maximum Gasteiger partial charge on any atom is 0.145 e. The summed E-state index contributed by atoms with van der Waals surface area (Å²) in [5.74, 6) is 0.446. The van der Waals surface area contributed by atoms with Crippen LogP contribution in [0.3, 0.4) is 0 Å². The zero-order valence-corrected chi connectivity index (χ0v) is 7.25. The fraction of sp³-hybridized carbons (Fsp3) is 0.111. The Morgan fingerprint density at radius 3 is 2.50 bits per heavy atom. The minimum atomic E-state index is 0.446. The molecule has 0 saturated heterocycles. The topological polar surface area (TPSA) is 36.8 Å². The first-order valence-electron chi connectivity index (χ1n) is 3.48. The monoisotopic (exact) mass is 163 g/mol. The molecule has 0 atom stereocenters. The van der Waals surface area contributed by atoms with E-state index in [4.69, 9.17) is 0 Å². The predicted molar refractivity (Wildman–Crippen MR) is 54.3 cm³/mol. The highest BCUT2D eigenvalue weighted by Gasteiger charge is 1.80. The molecular formula is C9H13N3. The van der Waals surface area contributed by atoms with Crippen molar-refractivity contribution in [2.45, 2.75) is 6.92 Å². The van der Waals surface area contributed by atoms with Gasteiger partial charge in [0, 0.05) is 11.9 Å². The second kappa shape index (κ2) is 6.09. The summed E-state index contributed by atoms with van der Waals surface area (Å²) in [5, 5.41) is 2.78. The lowest BCUT2D eigenvalue weighted by Gasteiger charge is -1.95. The minimum Gasteiger partial charge on any atom is -0.347 e. The molecule has 0 spiro atoms. The maximum atomic E-state index is 3.86. The third kappa shape index (κ3) is 5.17. The molecule has 0 aromatic carbocycles. The first-order chi connectivity index (χ1) is 5.70. The fourth-order valence-corrected chi connectivity index (χ4v) is 0.431. The molecule has 12 heavy (non-hydrogen) atoms. The van der Waals surface area contributed by atoms with E-state index >= 15 is 0 Å². The van der Waals surface area contributed by atoms with Crippen molar-refractivity contribution in [2.75, 3.05) is 0 Å². The van der Waals surface area contributed by atoms with Crippen LogP contribution in [0.25, 0.3) is 0 Å². The van der Waals surface area contributed by atoms with E-state index < -0.39 is 0 Å². The Balaban J connectivity index is 3.84. The Kier molecular flexibility index (Phi) is 5.26. The molecule has 0 heterocycles. The number of aliphatic imine (C=N–C) groups is 2. The summed E-state index contributed by atoms with van der Waals surface area (Å²) >= 11 is 0. The molecule has 0 radical (unpaired) electrons. The van der Waals surface area contributed by atoms with Gasteiger partial charge in [0.15, 0.2) is 0 Å². The van der Waals surface area contributed by atoms with Crippen molar-refractivity contribution in [3.8, 4) is 0 Å². The third-order valence-corrected chi connectivity index (χ3v) is 0.988. The van der Waals surface area contributed by atoms with E-state index in [0.29, 0.717) is 11.5 Å². The zero-order valence-electron chi connectivity index (χ0n) is 7.25. The van der Waals surface area contributed by atoms with Crippen molar-refractivity contribution in [1.82, 2.24) is 5.32 Å². The summed E-state index contributed by atoms with van der Waals surface area (Å²) in [6, 6.07) is 0. The highest BCUT2D eigenvalue weighted by molar-refractivity contribution is 5.61. The Morgan fingerprint density at radius 2 is 2.00 bits per heavy atom. The Bertz CT molecular complexity index is 236. The molecular weight excluding hydrogens is 150 g/mol. The summed E-state index contributed by atoms with van der Waals surface area (Å²) in [6.45, 7) is 12.5. The molecule has 0 fully saturated rings. The summed E-state index contributed by atoms with van der Waals surface area (Å²) < 4.78 is 0. The van der Waals surface area contributed by atoms with Crippen LogP contribution in [-0.4, -0.2) is 12.6 Å². The average molecular weight is 163 g/mol. The van der Waals surface area contributed by atoms with Crippen molar-refractivity contribution in [2.24, 2.45) is 9.98 Å². The van der Waals surface area contributed by atoms with Gasteiger partial charge in [-0.2, -0.15) is 0 Å². The van der Waals surface area contributed by atoms with E-state index in [-0.39, 0.29) is 0 Å². The molecule has 0 rings (SSSR count). The van der Waals surface area contributed by atoms with Crippen LogP contribution in [0.2, 0.25) is 0 Å². The SMILES string of the molecule is C=CC(=C)NC=NC(=C)N=CC. The lowest BCUT2D eigenvalue weighted by molar-refractivity contribution is 1.18. The molecule has 0 aliphatic heterocycles. The molecule has 0 aromatic heterocycles. The molecule has 0 unspecified atom stereocenters. The number of nitrogens with one attached hydrogen (secondary N) is 1. The normalized spacial score (nSPS) is 10.4. The van der Waals surface area contributed by atoms with Gasteiger partial charge in [-0.3, -0.25) is 0 Å². The van der Waals surface area contributed by atoms with Gasteiger partial charge in [0.2, 0.25) is 0 Å². The van der Waals surface area contributed by atoms with E-state index in [1.165, 1.54) is 6.34 Å². The summed E-state index contributed by atoms with van der Waals surface area (Å²) in [6.07, 6.45) is 4.69. The second-order valence-electron chi connectivity index (χ2n) is 1.94. The quantitative estimate of drug-likeness (QED) is 0.375. The third-order valence-electron chi connectivity index (χ3n) is 0.988. The molecule has 64 valence electrons. The lowest BCUT2D eigenvalue weighted by Crippen LogP contribution is -2.06. The lowest BCUT2D eigenvalue weighted by atomic mass is 10.5. The van der Waals surface area contributed by atoms with Gasteiger partial charge >= 0.3 is 0 Å². The number of hydrogen-bond acceptors (Lipinski definition) is 2. The average Bonchev–Trinajstić information content (AvgIpc) is 2.04. The minimum absolute atomic E-state index is 0.446. The molecule has 1 N–H and O–H groups in total. The van der Waals surface area contributed by atoms with E-state index in [1.54, 1.807) is 19.2 Å². The highest BCUT2D eigenvalue weighted by Crippen LogP contribution is 1.90. The van der Waals surface area contributed by atoms with E-state index in [9.17, 15) is 0 Å². The highest BCUT2D eigenvalue weighted by atomic mass is 15.0. The summed E-state index contributed by atoms with van der Waals surface area (Å²) in [4.78, 5) is 7.70. The fourth-order valence-electron chi connectivity index (χ4n) is 0.431. The van der Waals surface area contributed by atoms with Crippen molar-refractivity contribution >= 4 is 12.6 Å². The molecule has 0 aliphatic rings. The largest absolute Gasteiger partial charge is 0.347 e. The van der Waals surface area contributed by atoms with Crippen LogP contribution in [0.15, 0.2) is 47.3 Å². The molecule has 0 bridgehead atoms. The number of nitrogens with zero attached hydrogens (tertiary/aromatic N) is 2. The van der Waals surface area contributed by atoms with Gasteiger partial charge in [-0.05, 0) is 13.0 Å². The van der Waals surface area contributed by atoms with Crippen molar-refractivity contribution in [1.29, 1.82) is 0 Å². The van der Waals surface area contributed by atoms with Crippen molar-refractivity contribution in [3.63, 3.8) is 0 Å². The van der Waals surface area contributed by atoms with Gasteiger partial charge in [0.05, 0.1) is 6.34 Å². The van der Waals surface area contributed by atoms with Gasteiger partial charge in [0.25, 0.3) is 0 Å². The predicted octanol–water partition coefficient (Wildman–Crippen LogP) is 1.87. The van der Waals surface area contributed by atoms with Crippen LogP contribution in [0, 0.1) is 0 Å². The van der Waals surface area contributed by atoms with Crippen LogP contribution in [0.4, 0.5) is 0 Å². The standard InChI is InChI=1S/C9H13N3/c1-5-8(3)11-7-12-9(4)10-6-2/h5-7H,1,3-4H2,2H3,(H,11,12). The van der Waals surface area contributed by atoms with E-state index in [1.807, 2.05) is 0 Å². The van der Waals surface area contributed by atoms with Crippen LogP contribution in [0.5, 0.6) is 0 Å². The van der Waals surface area contributed by atoms with E-state index in [0.717, 1.165) is 0 Å². The van der Waals surface area contributed by atoms with E-state index in [2.05, 4.69) is 35.0 Å². The first kappa shape index (κ1) is 10.4. The first-order valence-corrected chi connectivity index (χ1v) is 3.48. The molecule has 0 aliphatic carbocycles. The molecule has 3 heteroatoms. The summed E-state index contributed by atoms with van der Waals surface area (Å²) in [5.41, 5.74) is 0.687. The van der Waals surface area contributed by atoms with Crippen LogP contribution in [0.1, 0.15) is 6.92 Å². The van der Waals surface area contributed by atoms with Crippen LogP contribution >= 0.6 is 0 Å². The van der Waals surface area contributed by atoms with Gasteiger partial charge in [-0.1, -0.05) is 19.7 Å². The second-order valence-corrected chi connectivity index (χ2v) is 1.94. The van der Waals surface area contributed by atoms with Crippen LogP contribution < -0.4 is 5.32 Å². The Labute approximate surface area is 72.9 Å². The Morgan fingerprint density at radius 1 is 1.33 bits per heavy atom. The number of rotatable bonds is 5. The van der Waals surface area contributed by atoms with Crippen molar-refractivity contribution < 1.29 is 0 Å². The smallest absolute Gasteiger partial charge is 0.145 e. The Hall–Kier alpha value is -1.64. The summed E-state index contributed by atoms with van der Waals surface area (Å²) in [7, 11) is 0. The maximum absolute atomic E-state index is 3.86. The van der Waals surface area contributed by atoms with Gasteiger partial charge < -0.3 is 5.32 Å².